The van der Waals surface area contributed by atoms with Gasteiger partial charge in [0.15, 0.2) is 0 Å². The fourth-order valence-corrected chi connectivity index (χ4v) is 2.91. The Morgan fingerprint density at radius 3 is 2.20 bits per heavy atom. The van der Waals surface area contributed by atoms with Crippen LogP contribution in [0.5, 0.6) is 0 Å². The van der Waals surface area contributed by atoms with Gasteiger partial charge in [0.1, 0.15) is 6.10 Å². The van der Waals surface area contributed by atoms with Gasteiger partial charge in [0.05, 0.1) is 10.5 Å². The van der Waals surface area contributed by atoms with Gasteiger partial charge in [-0.2, -0.15) is 0 Å². The van der Waals surface area contributed by atoms with Crippen LogP contribution >= 0.6 is 0 Å². The minimum Gasteiger partial charge on any atom is -0.459 e. The van der Waals surface area contributed by atoms with Crippen molar-refractivity contribution in [3.8, 4) is 0 Å². The first-order valence-electron chi connectivity index (χ1n) is 6.91. The summed E-state index contributed by atoms with van der Waals surface area (Å²) in [7, 11) is 0. The number of benzene rings is 1. The van der Waals surface area contributed by atoms with Crippen LogP contribution in [0.15, 0.2) is 24.3 Å². The monoisotopic (exact) mass is 277 g/mol. The average molecular weight is 277 g/mol. The van der Waals surface area contributed by atoms with Gasteiger partial charge in [0.25, 0.3) is 5.69 Å². The molecule has 0 spiro atoms. The first kappa shape index (κ1) is 14.5. The van der Waals surface area contributed by atoms with Gasteiger partial charge in [-0.05, 0) is 43.2 Å². The van der Waals surface area contributed by atoms with Gasteiger partial charge in [-0.3, -0.25) is 10.1 Å². The van der Waals surface area contributed by atoms with Crippen LogP contribution in [0.1, 0.15) is 43.5 Å². The molecule has 1 aliphatic carbocycles. The molecule has 0 saturated heterocycles. The van der Waals surface area contributed by atoms with E-state index in [1.807, 2.05) is 0 Å². The summed E-state index contributed by atoms with van der Waals surface area (Å²) in [5.74, 6) is 0.730. The van der Waals surface area contributed by atoms with E-state index in [4.69, 9.17) is 4.74 Å². The molecule has 1 fully saturated rings. The maximum atomic E-state index is 12.0. The fourth-order valence-electron chi connectivity index (χ4n) is 2.91. The Hall–Kier alpha value is -1.91. The lowest BCUT2D eigenvalue weighted by molar-refractivity contribution is -0.384. The minimum absolute atomic E-state index is 0.0264. The van der Waals surface area contributed by atoms with Crippen LogP contribution in [-0.4, -0.2) is 17.0 Å². The molecule has 0 amide bonds. The summed E-state index contributed by atoms with van der Waals surface area (Å²) < 4.78 is 5.51. The normalized spacial score (nSPS) is 26.0. The number of ether oxygens (including phenoxy) is 1. The second-order valence-electron chi connectivity index (χ2n) is 5.75. The van der Waals surface area contributed by atoms with Crippen molar-refractivity contribution < 1.29 is 14.5 Å². The third-order valence-corrected chi connectivity index (χ3v) is 3.72. The lowest BCUT2D eigenvalue weighted by Crippen LogP contribution is -2.28. The van der Waals surface area contributed by atoms with Crippen LogP contribution in [-0.2, 0) is 4.74 Å². The van der Waals surface area contributed by atoms with E-state index in [1.54, 1.807) is 0 Å². The largest absolute Gasteiger partial charge is 0.459 e. The number of hydrogen-bond acceptors (Lipinski definition) is 4. The zero-order chi connectivity index (χ0) is 14.7. The molecule has 2 atom stereocenters. The second kappa shape index (κ2) is 6.03. The molecular formula is C15H19NO4. The fraction of sp³-hybridized carbons (Fsp3) is 0.533. The third-order valence-electron chi connectivity index (χ3n) is 3.72. The molecule has 2 rings (SSSR count). The van der Waals surface area contributed by atoms with Crippen LogP contribution in [0.2, 0.25) is 0 Å². The number of non-ortho nitro benzene ring substituents is 1. The predicted octanol–water partition coefficient (Wildman–Crippen LogP) is 3.58. The van der Waals surface area contributed by atoms with Crippen molar-refractivity contribution in [1.82, 2.24) is 0 Å². The molecule has 1 aromatic rings. The molecule has 0 bridgehead atoms. The summed E-state index contributed by atoms with van der Waals surface area (Å²) in [6.45, 7) is 4.34. The number of esters is 1. The van der Waals surface area contributed by atoms with Gasteiger partial charge in [-0.25, -0.2) is 4.79 Å². The van der Waals surface area contributed by atoms with Crippen molar-refractivity contribution in [3.05, 3.63) is 39.9 Å². The van der Waals surface area contributed by atoms with E-state index in [2.05, 4.69) is 13.8 Å². The molecule has 20 heavy (non-hydrogen) atoms. The van der Waals surface area contributed by atoms with E-state index < -0.39 is 10.9 Å². The zero-order valence-electron chi connectivity index (χ0n) is 11.7. The van der Waals surface area contributed by atoms with Crippen LogP contribution in [0.4, 0.5) is 5.69 Å². The van der Waals surface area contributed by atoms with Gasteiger partial charge < -0.3 is 4.74 Å². The molecule has 5 heteroatoms. The molecule has 1 saturated carbocycles. The number of rotatable bonds is 3. The summed E-state index contributed by atoms with van der Waals surface area (Å²) in [4.78, 5) is 22.1. The van der Waals surface area contributed by atoms with Gasteiger partial charge in [-0.1, -0.05) is 13.8 Å². The third kappa shape index (κ3) is 3.56. The number of nitrogens with zero attached hydrogens (tertiary/aromatic N) is 1. The Morgan fingerprint density at radius 2 is 1.70 bits per heavy atom. The van der Waals surface area contributed by atoms with E-state index >= 15 is 0 Å². The lowest BCUT2D eigenvalue weighted by Gasteiger charge is -2.31. The van der Waals surface area contributed by atoms with E-state index in [0.29, 0.717) is 17.4 Å². The van der Waals surface area contributed by atoms with E-state index in [1.165, 1.54) is 30.7 Å². The Labute approximate surface area is 118 Å². The second-order valence-corrected chi connectivity index (χ2v) is 5.75. The van der Waals surface area contributed by atoms with Crippen molar-refractivity contribution >= 4 is 11.7 Å². The van der Waals surface area contributed by atoms with Crippen molar-refractivity contribution in [2.45, 2.75) is 39.2 Å². The molecule has 0 aliphatic heterocycles. The minimum atomic E-state index is -0.486. The molecule has 2 unspecified atom stereocenters. The maximum absolute atomic E-state index is 12.0. The van der Waals surface area contributed by atoms with E-state index in [-0.39, 0.29) is 11.8 Å². The summed E-state index contributed by atoms with van der Waals surface area (Å²) in [5, 5.41) is 10.6. The Morgan fingerprint density at radius 1 is 1.15 bits per heavy atom. The van der Waals surface area contributed by atoms with Crippen LogP contribution < -0.4 is 0 Å². The van der Waals surface area contributed by atoms with Crippen LogP contribution in [0.3, 0.4) is 0 Å². The highest BCUT2D eigenvalue weighted by atomic mass is 16.6. The lowest BCUT2D eigenvalue weighted by atomic mass is 9.82. The molecule has 108 valence electrons. The van der Waals surface area contributed by atoms with E-state index in [0.717, 1.165) is 12.8 Å². The molecule has 0 heterocycles. The molecule has 0 aromatic heterocycles. The molecule has 0 N–H and O–H groups in total. The highest BCUT2D eigenvalue weighted by Gasteiger charge is 2.27. The van der Waals surface area contributed by atoms with Crippen molar-refractivity contribution in [1.29, 1.82) is 0 Å². The molecule has 1 aliphatic rings. The topological polar surface area (TPSA) is 69.4 Å². The molecule has 5 nitrogen and oxygen atoms in total. The summed E-state index contributed by atoms with van der Waals surface area (Å²) >= 11 is 0. The number of nitro benzene ring substituents is 1. The summed E-state index contributed by atoms with van der Waals surface area (Å²) in [5.41, 5.74) is 0.336. The van der Waals surface area contributed by atoms with E-state index in [9.17, 15) is 14.9 Å². The standard InChI is InChI=1S/C15H19NO4/c1-10-7-11(2)9-14(8-10)20-15(17)12-3-5-13(6-4-12)16(18)19/h3-6,10-11,14H,7-9H2,1-2H3. The number of carbonyl (C=O) groups excluding carboxylic acids is 1. The van der Waals surface area contributed by atoms with Gasteiger partial charge >= 0.3 is 5.97 Å². The summed E-state index contributed by atoms with van der Waals surface area (Å²) in [6.07, 6.45) is 2.91. The predicted molar refractivity (Wildman–Crippen MR) is 74.5 cm³/mol. The zero-order valence-corrected chi connectivity index (χ0v) is 11.7. The Bertz CT molecular complexity index is 487. The highest BCUT2D eigenvalue weighted by Crippen LogP contribution is 2.30. The molecular weight excluding hydrogens is 258 g/mol. The van der Waals surface area contributed by atoms with Crippen molar-refractivity contribution in [2.24, 2.45) is 11.8 Å². The number of nitro groups is 1. The van der Waals surface area contributed by atoms with Crippen molar-refractivity contribution in [3.63, 3.8) is 0 Å². The number of hydrogen-bond donors (Lipinski definition) is 0. The maximum Gasteiger partial charge on any atom is 0.338 e. The first-order chi connectivity index (χ1) is 9.45. The first-order valence-corrected chi connectivity index (χ1v) is 6.91. The Kier molecular flexibility index (Phi) is 4.37. The SMILES string of the molecule is CC1CC(C)CC(OC(=O)c2ccc([N+](=O)[O-])cc2)C1. The highest BCUT2D eigenvalue weighted by molar-refractivity contribution is 5.89. The van der Waals surface area contributed by atoms with Crippen LogP contribution in [0, 0.1) is 22.0 Å². The van der Waals surface area contributed by atoms with Gasteiger partial charge in [0, 0.05) is 12.1 Å². The quantitative estimate of drug-likeness (QED) is 0.481. The van der Waals surface area contributed by atoms with Gasteiger partial charge in [-0.15, -0.1) is 0 Å². The molecule has 1 aromatic carbocycles. The average Bonchev–Trinajstić information content (AvgIpc) is 2.37. The van der Waals surface area contributed by atoms with Crippen molar-refractivity contribution in [2.75, 3.05) is 0 Å². The van der Waals surface area contributed by atoms with Gasteiger partial charge in [0.2, 0.25) is 0 Å². The Balaban J connectivity index is 1.99. The smallest absolute Gasteiger partial charge is 0.338 e. The number of carbonyl (C=O) groups is 1. The summed E-state index contributed by atoms with van der Waals surface area (Å²) in [6, 6.07) is 5.53. The van der Waals surface area contributed by atoms with Crippen LogP contribution in [0.25, 0.3) is 0 Å². The molecule has 0 radical (unpaired) electrons.